The lowest BCUT2D eigenvalue weighted by Gasteiger charge is -2.07. The van der Waals surface area contributed by atoms with E-state index in [0.717, 1.165) is 5.56 Å². The van der Waals surface area contributed by atoms with E-state index in [1.807, 2.05) is 12.1 Å². The first kappa shape index (κ1) is 16.2. The maximum Gasteiger partial charge on any atom is 0.256 e. The topological polar surface area (TPSA) is 80.0 Å². The van der Waals surface area contributed by atoms with Crippen LogP contribution in [-0.4, -0.2) is 32.4 Å². The molecule has 6 nitrogen and oxygen atoms in total. The van der Waals surface area contributed by atoms with Gasteiger partial charge in [-0.05, 0) is 24.3 Å². The number of benzene rings is 1. The fraction of sp³-hybridized carbons (Fsp3) is 0.118. The van der Waals surface area contributed by atoms with Crippen molar-refractivity contribution in [2.75, 3.05) is 11.9 Å². The molecule has 0 unspecified atom stereocenters. The molecule has 0 fully saturated rings. The number of hydrogen-bond donors (Lipinski definition) is 2. The minimum absolute atomic E-state index is 0.0885. The molecular weight excluding hydrogens is 328 g/mol. The molecule has 122 valence electrons. The van der Waals surface area contributed by atoms with Gasteiger partial charge in [0, 0.05) is 34.6 Å². The molecule has 0 saturated carbocycles. The van der Waals surface area contributed by atoms with Crippen LogP contribution >= 0.6 is 11.6 Å². The number of pyridine rings is 1. The lowest BCUT2D eigenvalue weighted by atomic mass is 10.1. The second-order valence-corrected chi connectivity index (χ2v) is 5.50. The van der Waals surface area contributed by atoms with Gasteiger partial charge in [-0.2, -0.15) is 5.10 Å². The number of nitrogens with one attached hydrogen (secondary N) is 1. The molecule has 1 aromatic carbocycles. The van der Waals surface area contributed by atoms with Crippen molar-refractivity contribution in [3.8, 4) is 11.3 Å². The highest BCUT2D eigenvalue weighted by atomic mass is 35.5. The van der Waals surface area contributed by atoms with Crippen LogP contribution in [0.5, 0.6) is 0 Å². The maximum absolute atomic E-state index is 12.3. The van der Waals surface area contributed by atoms with E-state index in [0.29, 0.717) is 22.1 Å². The minimum Gasteiger partial charge on any atom is -0.394 e. The summed E-state index contributed by atoms with van der Waals surface area (Å²) < 4.78 is 1.55. The van der Waals surface area contributed by atoms with E-state index < -0.39 is 0 Å². The van der Waals surface area contributed by atoms with E-state index in [-0.39, 0.29) is 19.1 Å². The predicted molar refractivity (Wildman–Crippen MR) is 91.9 cm³/mol. The van der Waals surface area contributed by atoms with Crippen LogP contribution in [0.25, 0.3) is 11.3 Å². The molecule has 0 aliphatic heterocycles. The number of aliphatic hydroxyl groups excluding tert-OH is 1. The van der Waals surface area contributed by atoms with Crippen molar-refractivity contribution in [3.05, 3.63) is 65.4 Å². The number of aromatic nitrogens is 3. The van der Waals surface area contributed by atoms with Crippen LogP contribution in [0.15, 0.2) is 54.9 Å². The number of nitrogens with zero attached hydrogens (tertiary/aromatic N) is 3. The quantitative estimate of drug-likeness (QED) is 0.747. The molecule has 7 heteroatoms. The van der Waals surface area contributed by atoms with Crippen molar-refractivity contribution in [1.82, 2.24) is 14.8 Å². The molecule has 0 spiro atoms. The number of carbonyl (C=O) groups excluding carboxylic acids is 1. The van der Waals surface area contributed by atoms with Crippen molar-refractivity contribution < 1.29 is 9.90 Å². The van der Waals surface area contributed by atoms with E-state index in [1.54, 1.807) is 47.4 Å². The van der Waals surface area contributed by atoms with Crippen LogP contribution in [0.4, 0.5) is 5.82 Å². The van der Waals surface area contributed by atoms with Gasteiger partial charge in [0.25, 0.3) is 5.91 Å². The third-order valence-electron chi connectivity index (χ3n) is 3.40. The van der Waals surface area contributed by atoms with E-state index in [1.165, 1.54) is 0 Å². The third-order valence-corrected chi connectivity index (χ3v) is 3.63. The first-order valence-electron chi connectivity index (χ1n) is 7.33. The van der Waals surface area contributed by atoms with Crippen molar-refractivity contribution in [3.63, 3.8) is 0 Å². The standard InChI is InChI=1S/C17H15ClN4O2/c18-14-3-1-2-13(10-14)15-11-16(22(21-15)8-9-23)20-17(24)12-4-6-19-7-5-12/h1-7,10-11,23H,8-9H2,(H,20,24). The fourth-order valence-corrected chi connectivity index (χ4v) is 2.45. The smallest absolute Gasteiger partial charge is 0.256 e. The Hall–Kier alpha value is -2.70. The summed E-state index contributed by atoms with van der Waals surface area (Å²) in [5.74, 6) is 0.231. The number of amides is 1. The second kappa shape index (κ2) is 7.25. The number of carbonyl (C=O) groups is 1. The highest BCUT2D eigenvalue weighted by Crippen LogP contribution is 2.24. The molecule has 3 rings (SSSR count). The number of halogens is 1. The number of aliphatic hydroxyl groups is 1. The van der Waals surface area contributed by atoms with Crippen molar-refractivity contribution >= 4 is 23.3 Å². The SMILES string of the molecule is O=C(Nc1cc(-c2cccc(Cl)c2)nn1CCO)c1ccncc1. The maximum atomic E-state index is 12.3. The Bertz CT molecular complexity index is 849. The Morgan fingerprint density at radius 1 is 1.21 bits per heavy atom. The van der Waals surface area contributed by atoms with Gasteiger partial charge in [-0.15, -0.1) is 0 Å². The van der Waals surface area contributed by atoms with E-state index >= 15 is 0 Å². The molecule has 0 bridgehead atoms. The summed E-state index contributed by atoms with van der Waals surface area (Å²) in [6.07, 6.45) is 3.11. The minimum atomic E-state index is -0.269. The molecule has 2 N–H and O–H groups in total. The normalized spacial score (nSPS) is 10.6. The van der Waals surface area contributed by atoms with Gasteiger partial charge in [0.05, 0.1) is 18.8 Å². The van der Waals surface area contributed by atoms with E-state index in [2.05, 4.69) is 15.4 Å². The zero-order chi connectivity index (χ0) is 16.9. The zero-order valence-corrected chi connectivity index (χ0v) is 13.4. The summed E-state index contributed by atoms with van der Waals surface area (Å²) in [6.45, 7) is 0.182. The molecule has 24 heavy (non-hydrogen) atoms. The average molecular weight is 343 g/mol. The Kier molecular flexibility index (Phi) is 4.88. The zero-order valence-electron chi connectivity index (χ0n) is 12.7. The van der Waals surface area contributed by atoms with E-state index in [9.17, 15) is 9.90 Å². The van der Waals surface area contributed by atoms with Gasteiger partial charge >= 0.3 is 0 Å². The summed E-state index contributed by atoms with van der Waals surface area (Å²) >= 11 is 6.02. The molecule has 3 aromatic rings. The summed E-state index contributed by atoms with van der Waals surface area (Å²) in [6, 6.07) is 12.3. The largest absolute Gasteiger partial charge is 0.394 e. The van der Waals surface area contributed by atoms with Gasteiger partial charge in [0.2, 0.25) is 0 Å². The summed E-state index contributed by atoms with van der Waals surface area (Å²) in [7, 11) is 0. The monoisotopic (exact) mass is 342 g/mol. The van der Waals surface area contributed by atoms with Crippen molar-refractivity contribution in [2.24, 2.45) is 0 Å². The van der Waals surface area contributed by atoms with Gasteiger partial charge in [-0.3, -0.25) is 9.78 Å². The van der Waals surface area contributed by atoms with E-state index in [4.69, 9.17) is 11.6 Å². The summed E-state index contributed by atoms with van der Waals surface area (Å²) in [5, 5.41) is 17.1. The molecule has 2 aromatic heterocycles. The predicted octanol–water partition coefficient (Wildman–Crippen LogP) is 2.84. The van der Waals surface area contributed by atoms with Crippen molar-refractivity contribution in [2.45, 2.75) is 6.54 Å². The van der Waals surface area contributed by atoms with Gasteiger partial charge in [0.1, 0.15) is 5.82 Å². The number of rotatable bonds is 5. The highest BCUT2D eigenvalue weighted by molar-refractivity contribution is 6.30. The summed E-state index contributed by atoms with van der Waals surface area (Å²) in [4.78, 5) is 16.2. The third kappa shape index (κ3) is 3.61. The van der Waals surface area contributed by atoms with Crippen LogP contribution in [0.2, 0.25) is 5.02 Å². The van der Waals surface area contributed by atoms with Gasteiger partial charge in [0.15, 0.2) is 0 Å². The van der Waals surface area contributed by atoms with Crippen LogP contribution < -0.4 is 5.32 Å². The Labute approximate surface area is 143 Å². The molecule has 0 atom stereocenters. The molecule has 0 saturated heterocycles. The second-order valence-electron chi connectivity index (χ2n) is 5.06. The van der Waals surface area contributed by atoms with Crippen LogP contribution in [-0.2, 0) is 6.54 Å². The Balaban J connectivity index is 1.90. The lowest BCUT2D eigenvalue weighted by molar-refractivity contribution is 0.102. The Morgan fingerprint density at radius 2 is 2.00 bits per heavy atom. The molecular formula is C17H15ClN4O2. The number of hydrogen-bond acceptors (Lipinski definition) is 4. The molecule has 1 amide bonds. The molecule has 0 radical (unpaired) electrons. The fourth-order valence-electron chi connectivity index (χ4n) is 2.26. The first-order valence-corrected chi connectivity index (χ1v) is 7.71. The first-order chi connectivity index (χ1) is 11.7. The van der Waals surface area contributed by atoms with Crippen LogP contribution in [0.1, 0.15) is 10.4 Å². The average Bonchev–Trinajstić information content (AvgIpc) is 2.99. The van der Waals surface area contributed by atoms with Gasteiger partial charge in [-0.1, -0.05) is 23.7 Å². The number of anilines is 1. The van der Waals surface area contributed by atoms with Gasteiger partial charge < -0.3 is 10.4 Å². The van der Waals surface area contributed by atoms with Gasteiger partial charge in [-0.25, -0.2) is 4.68 Å². The molecule has 0 aliphatic carbocycles. The molecule has 0 aliphatic rings. The van der Waals surface area contributed by atoms with Crippen LogP contribution in [0.3, 0.4) is 0 Å². The molecule has 2 heterocycles. The van der Waals surface area contributed by atoms with Crippen LogP contribution in [0, 0.1) is 0 Å². The summed E-state index contributed by atoms with van der Waals surface area (Å²) in [5.41, 5.74) is 1.99. The lowest BCUT2D eigenvalue weighted by Crippen LogP contribution is -2.16. The van der Waals surface area contributed by atoms with Crippen molar-refractivity contribution in [1.29, 1.82) is 0 Å². The Morgan fingerprint density at radius 3 is 2.71 bits per heavy atom. The highest BCUT2D eigenvalue weighted by Gasteiger charge is 2.13.